The van der Waals surface area contributed by atoms with Gasteiger partial charge in [-0.25, -0.2) is 4.79 Å². The summed E-state index contributed by atoms with van der Waals surface area (Å²) in [5.74, 6) is -0.0987. The summed E-state index contributed by atoms with van der Waals surface area (Å²) >= 11 is 0. The van der Waals surface area contributed by atoms with E-state index in [1.54, 1.807) is 0 Å². The molecule has 0 amide bonds. The number of esters is 1. The monoisotopic (exact) mass is 271 g/mol. The van der Waals surface area contributed by atoms with Crippen molar-refractivity contribution in [3.05, 3.63) is 47.2 Å². The molecule has 0 radical (unpaired) electrons. The molecular formula is C17H21NO2. The van der Waals surface area contributed by atoms with Gasteiger partial charge in [-0.1, -0.05) is 30.3 Å². The van der Waals surface area contributed by atoms with E-state index in [0.29, 0.717) is 12.6 Å². The smallest absolute Gasteiger partial charge is 0.335 e. The number of hydrogen-bond donors (Lipinski definition) is 0. The van der Waals surface area contributed by atoms with E-state index < -0.39 is 0 Å². The summed E-state index contributed by atoms with van der Waals surface area (Å²) in [4.78, 5) is 14.4. The average molecular weight is 271 g/mol. The van der Waals surface area contributed by atoms with Gasteiger partial charge in [0, 0.05) is 12.2 Å². The lowest BCUT2D eigenvalue weighted by molar-refractivity contribution is -0.141. The zero-order valence-corrected chi connectivity index (χ0v) is 12.0. The molecule has 1 atom stereocenters. The number of ether oxygens (including phenoxy) is 1. The predicted octanol–water partition coefficient (Wildman–Crippen LogP) is 3.43. The first-order valence-corrected chi connectivity index (χ1v) is 7.48. The van der Waals surface area contributed by atoms with E-state index in [2.05, 4.69) is 36.1 Å². The Morgan fingerprint density at radius 3 is 2.70 bits per heavy atom. The first-order chi connectivity index (χ1) is 9.77. The Bertz CT molecular complexity index is 521. The molecular weight excluding hydrogens is 250 g/mol. The van der Waals surface area contributed by atoms with Crippen LogP contribution in [0, 0.1) is 0 Å². The van der Waals surface area contributed by atoms with Crippen molar-refractivity contribution >= 4 is 5.97 Å². The maximum Gasteiger partial charge on any atom is 0.335 e. The van der Waals surface area contributed by atoms with E-state index in [9.17, 15) is 4.79 Å². The molecule has 0 bridgehead atoms. The molecule has 2 heterocycles. The molecule has 0 aromatic heterocycles. The van der Waals surface area contributed by atoms with Gasteiger partial charge in [-0.2, -0.15) is 0 Å². The highest BCUT2D eigenvalue weighted by Gasteiger charge is 2.30. The number of carbonyl (C=O) groups excluding carboxylic acids is 1. The Hall–Kier alpha value is -1.77. The van der Waals surface area contributed by atoms with Gasteiger partial charge in [0.2, 0.25) is 0 Å². The average Bonchev–Trinajstić information content (AvgIpc) is 2.97. The summed E-state index contributed by atoms with van der Waals surface area (Å²) in [5.41, 5.74) is 3.43. The number of benzene rings is 1. The first kappa shape index (κ1) is 13.2. The molecule has 0 N–H and O–H groups in total. The van der Waals surface area contributed by atoms with Crippen LogP contribution in [0.1, 0.15) is 44.2 Å². The van der Waals surface area contributed by atoms with E-state index >= 15 is 0 Å². The molecule has 0 unspecified atom stereocenters. The van der Waals surface area contributed by atoms with Crippen molar-refractivity contribution in [2.75, 3.05) is 13.2 Å². The van der Waals surface area contributed by atoms with Crippen molar-refractivity contribution in [3.8, 4) is 0 Å². The Kier molecular flexibility index (Phi) is 3.77. The minimum atomic E-state index is -0.0987. The lowest BCUT2D eigenvalue weighted by Crippen LogP contribution is -2.26. The summed E-state index contributed by atoms with van der Waals surface area (Å²) in [6.07, 6.45) is 3.95. The number of hydrogen-bond acceptors (Lipinski definition) is 3. The second kappa shape index (κ2) is 5.70. The highest BCUT2D eigenvalue weighted by Crippen LogP contribution is 2.35. The molecule has 0 saturated carbocycles. The highest BCUT2D eigenvalue weighted by atomic mass is 16.5. The molecule has 0 aliphatic carbocycles. The topological polar surface area (TPSA) is 29.5 Å². The van der Waals surface area contributed by atoms with Crippen LogP contribution in [0.5, 0.6) is 0 Å². The summed E-state index contributed by atoms with van der Waals surface area (Å²) in [5, 5.41) is 0. The van der Waals surface area contributed by atoms with E-state index in [-0.39, 0.29) is 5.97 Å². The van der Waals surface area contributed by atoms with Gasteiger partial charge in [0.05, 0.1) is 18.2 Å². The Morgan fingerprint density at radius 1 is 1.15 bits per heavy atom. The summed E-state index contributed by atoms with van der Waals surface area (Å²) in [6.45, 7) is 3.82. The van der Waals surface area contributed by atoms with Crippen LogP contribution < -0.4 is 0 Å². The number of rotatable bonds is 2. The van der Waals surface area contributed by atoms with E-state index in [4.69, 9.17) is 4.74 Å². The van der Waals surface area contributed by atoms with E-state index in [0.717, 1.165) is 37.8 Å². The normalized spacial score (nSPS) is 24.6. The van der Waals surface area contributed by atoms with Gasteiger partial charge in [0.15, 0.2) is 0 Å². The van der Waals surface area contributed by atoms with Crippen LogP contribution in [0.15, 0.2) is 41.6 Å². The molecule has 1 aromatic carbocycles. The first-order valence-electron chi connectivity index (χ1n) is 7.48. The van der Waals surface area contributed by atoms with Gasteiger partial charge in [0.1, 0.15) is 0 Å². The van der Waals surface area contributed by atoms with Crippen LogP contribution in [0.25, 0.3) is 0 Å². The molecule has 3 heteroatoms. The third-order valence-corrected chi connectivity index (χ3v) is 4.31. The van der Waals surface area contributed by atoms with Crippen molar-refractivity contribution in [2.24, 2.45) is 0 Å². The van der Waals surface area contributed by atoms with Crippen molar-refractivity contribution in [3.63, 3.8) is 0 Å². The molecule has 2 aliphatic rings. The predicted molar refractivity (Wildman–Crippen MR) is 78.0 cm³/mol. The zero-order valence-electron chi connectivity index (χ0n) is 12.0. The molecule has 1 aromatic rings. The Balaban J connectivity index is 1.89. The largest absolute Gasteiger partial charge is 0.462 e. The summed E-state index contributed by atoms with van der Waals surface area (Å²) in [7, 11) is 0. The van der Waals surface area contributed by atoms with Gasteiger partial charge in [-0.05, 0) is 38.2 Å². The minimum Gasteiger partial charge on any atom is -0.462 e. The molecule has 2 fully saturated rings. The molecule has 2 aliphatic heterocycles. The van der Waals surface area contributed by atoms with Crippen molar-refractivity contribution in [2.45, 2.75) is 38.6 Å². The van der Waals surface area contributed by atoms with Crippen LogP contribution in [-0.4, -0.2) is 24.0 Å². The number of cyclic esters (lactones) is 1. The fourth-order valence-corrected chi connectivity index (χ4v) is 3.22. The number of likely N-dealkylation sites (tertiary alicyclic amines) is 1. The van der Waals surface area contributed by atoms with Crippen LogP contribution in [-0.2, 0) is 9.53 Å². The molecule has 0 spiro atoms. The number of nitrogens with zero attached hydrogens (tertiary/aromatic N) is 1. The Labute approximate surface area is 120 Å². The quantitative estimate of drug-likeness (QED) is 0.609. The van der Waals surface area contributed by atoms with Crippen LogP contribution in [0.4, 0.5) is 0 Å². The van der Waals surface area contributed by atoms with E-state index in [1.165, 1.54) is 11.3 Å². The number of carbonyl (C=O) groups is 1. The molecule has 20 heavy (non-hydrogen) atoms. The van der Waals surface area contributed by atoms with Crippen molar-refractivity contribution in [1.29, 1.82) is 0 Å². The van der Waals surface area contributed by atoms with Gasteiger partial charge in [0.25, 0.3) is 0 Å². The van der Waals surface area contributed by atoms with Gasteiger partial charge >= 0.3 is 5.97 Å². The van der Waals surface area contributed by atoms with Gasteiger partial charge < -0.3 is 9.64 Å². The van der Waals surface area contributed by atoms with Crippen molar-refractivity contribution < 1.29 is 9.53 Å². The SMILES string of the molecule is C[C@@H](c1ccccc1)N1CCC/C1=C1/CCCOC1=O. The Morgan fingerprint density at radius 2 is 1.95 bits per heavy atom. The highest BCUT2D eigenvalue weighted by molar-refractivity contribution is 5.89. The molecule has 3 nitrogen and oxygen atoms in total. The van der Waals surface area contributed by atoms with Crippen LogP contribution in [0.3, 0.4) is 0 Å². The zero-order chi connectivity index (χ0) is 13.9. The van der Waals surface area contributed by atoms with Crippen LogP contribution in [0.2, 0.25) is 0 Å². The minimum absolute atomic E-state index is 0.0987. The third kappa shape index (κ3) is 2.45. The molecule has 3 rings (SSSR count). The summed E-state index contributed by atoms with van der Waals surface area (Å²) < 4.78 is 5.21. The van der Waals surface area contributed by atoms with Crippen LogP contribution >= 0.6 is 0 Å². The third-order valence-electron chi connectivity index (χ3n) is 4.31. The molecule has 2 saturated heterocycles. The number of allylic oxidation sites excluding steroid dienone is 1. The fraction of sp³-hybridized carbons (Fsp3) is 0.471. The summed E-state index contributed by atoms with van der Waals surface area (Å²) in [6, 6.07) is 10.8. The van der Waals surface area contributed by atoms with Gasteiger partial charge in [-0.15, -0.1) is 0 Å². The second-order valence-electron chi connectivity index (χ2n) is 5.55. The second-order valence-corrected chi connectivity index (χ2v) is 5.55. The lowest BCUT2D eigenvalue weighted by Gasteiger charge is -2.30. The van der Waals surface area contributed by atoms with E-state index in [1.807, 2.05) is 6.07 Å². The standard InChI is InChI=1S/C17H21NO2/c1-13(14-7-3-2-4-8-14)18-11-5-10-16(18)15-9-6-12-20-17(15)19/h2-4,7-8,13H,5-6,9-12H2,1H3/b16-15+/t13-/m0/s1. The van der Waals surface area contributed by atoms with Gasteiger partial charge in [-0.3, -0.25) is 0 Å². The maximum atomic E-state index is 12.0. The maximum absolute atomic E-state index is 12.0. The molecule has 106 valence electrons. The fourth-order valence-electron chi connectivity index (χ4n) is 3.22. The lowest BCUT2D eigenvalue weighted by atomic mass is 10.0. The van der Waals surface area contributed by atoms with Crippen molar-refractivity contribution in [1.82, 2.24) is 4.90 Å².